The van der Waals surface area contributed by atoms with E-state index < -0.39 is 10.0 Å². The molecule has 2 rings (SSSR count). The molecule has 8 nitrogen and oxygen atoms in total. The Morgan fingerprint density at radius 3 is 2.59 bits per heavy atom. The second-order valence-corrected chi connectivity index (χ2v) is 8.75. The van der Waals surface area contributed by atoms with Crippen LogP contribution in [0.2, 0.25) is 0 Å². The molecule has 0 unspecified atom stereocenters. The van der Waals surface area contributed by atoms with Gasteiger partial charge in [-0.25, -0.2) is 18.1 Å². The van der Waals surface area contributed by atoms with Crippen molar-refractivity contribution in [2.45, 2.75) is 59.4 Å². The van der Waals surface area contributed by atoms with Gasteiger partial charge in [0.15, 0.2) is 5.96 Å². The van der Waals surface area contributed by atoms with Crippen molar-refractivity contribution in [2.24, 2.45) is 10.9 Å². The number of nitrogens with one attached hydrogen (secondary N) is 3. The highest BCUT2D eigenvalue weighted by molar-refractivity contribution is 7.89. The summed E-state index contributed by atoms with van der Waals surface area (Å²) in [6, 6.07) is 0. The van der Waals surface area contributed by atoms with E-state index in [0.29, 0.717) is 38.1 Å². The highest BCUT2D eigenvalue weighted by Crippen LogP contribution is 2.25. The normalized spacial score (nSPS) is 15.6. The maximum Gasteiger partial charge on any atom is 0.213 e. The van der Waals surface area contributed by atoms with E-state index in [0.717, 1.165) is 42.7 Å². The van der Waals surface area contributed by atoms with Gasteiger partial charge in [0, 0.05) is 31.6 Å². The number of nitrogens with zero attached hydrogens (tertiary/aromatic N) is 2. The van der Waals surface area contributed by atoms with Gasteiger partial charge in [-0.1, -0.05) is 25.4 Å². The molecule has 0 atom stereocenters. The molecule has 1 aliphatic carbocycles. The molecule has 1 saturated carbocycles. The first-order valence-electron chi connectivity index (χ1n) is 9.94. The first-order chi connectivity index (χ1) is 13.0. The summed E-state index contributed by atoms with van der Waals surface area (Å²) < 4.78 is 32.3. The lowest BCUT2D eigenvalue weighted by molar-refractivity contribution is 0.316. The minimum absolute atomic E-state index is 0.0256. The number of rotatable bonds is 11. The molecule has 154 valence electrons. The van der Waals surface area contributed by atoms with Crippen LogP contribution in [0.1, 0.15) is 57.1 Å². The molecule has 0 aromatic carbocycles. The molecular formula is C18H33N5O3S. The van der Waals surface area contributed by atoms with Crippen molar-refractivity contribution in [3.63, 3.8) is 0 Å². The van der Waals surface area contributed by atoms with Gasteiger partial charge in [-0.05, 0) is 32.1 Å². The second-order valence-electron chi connectivity index (χ2n) is 6.82. The van der Waals surface area contributed by atoms with Crippen LogP contribution >= 0.6 is 0 Å². The molecule has 1 aliphatic rings. The Hall–Kier alpha value is -1.61. The van der Waals surface area contributed by atoms with Crippen LogP contribution in [0.5, 0.6) is 0 Å². The molecule has 0 aliphatic heterocycles. The van der Waals surface area contributed by atoms with Crippen LogP contribution in [0.4, 0.5) is 0 Å². The quantitative estimate of drug-likeness (QED) is 0.385. The fourth-order valence-corrected chi connectivity index (χ4v) is 3.94. The van der Waals surface area contributed by atoms with Gasteiger partial charge in [-0.15, -0.1) is 0 Å². The molecule has 27 heavy (non-hydrogen) atoms. The summed E-state index contributed by atoms with van der Waals surface area (Å²) >= 11 is 0. The summed E-state index contributed by atoms with van der Waals surface area (Å²) in [4.78, 5) is 4.57. The van der Waals surface area contributed by atoms with Gasteiger partial charge in [-0.2, -0.15) is 0 Å². The van der Waals surface area contributed by atoms with Gasteiger partial charge in [0.25, 0.3) is 0 Å². The van der Waals surface area contributed by atoms with Crippen LogP contribution in [-0.4, -0.2) is 44.9 Å². The molecule has 0 bridgehead atoms. The number of aryl methyl sites for hydroxylation is 2. The number of sulfonamides is 1. The summed E-state index contributed by atoms with van der Waals surface area (Å²) in [7, 11) is -3.26. The van der Waals surface area contributed by atoms with E-state index in [4.69, 9.17) is 4.52 Å². The Balaban J connectivity index is 1.87. The third-order valence-electron chi connectivity index (χ3n) is 4.83. The first-order valence-corrected chi connectivity index (χ1v) is 11.6. The monoisotopic (exact) mass is 399 g/mol. The zero-order chi connectivity index (χ0) is 19.7. The van der Waals surface area contributed by atoms with Crippen LogP contribution in [-0.2, 0) is 29.4 Å². The number of aliphatic imine (C=N–C) groups is 1. The van der Waals surface area contributed by atoms with Gasteiger partial charge >= 0.3 is 0 Å². The average Bonchev–Trinajstić information content (AvgIpc) is 3.00. The van der Waals surface area contributed by atoms with Crippen molar-refractivity contribution in [3.8, 4) is 0 Å². The predicted molar refractivity (Wildman–Crippen MR) is 107 cm³/mol. The molecule has 0 spiro atoms. The predicted octanol–water partition coefficient (Wildman–Crippen LogP) is 1.57. The van der Waals surface area contributed by atoms with E-state index in [1.807, 2.05) is 20.8 Å². The molecular weight excluding hydrogens is 366 g/mol. The van der Waals surface area contributed by atoms with E-state index in [9.17, 15) is 8.42 Å². The highest BCUT2D eigenvalue weighted by atomic mass is 32.2. The van der Waals surface area contributed by atoms with E-state index in [2.05, 4.69) is 25.5 Å². The SMILES string of the molecule is CCNC(=NCc1c(CC)noc1CC)NCCS(=O)(=O)NCC1CCC1. The zero-order valence-corrected chi connectivity index (χ0v) is 17.5. The Kier molecular flexibility index (Phi) is 8.56. The minimum Gasteiger partial charge on any atom is -0.361 e. The lowest BCUT2D eigenvalue weighted by Gasteiger charge is -2.25. The lowest BCUT2D eigenvalue weighted by atomic mass is 9.86. The third-order valence-corrected chi connectivity index (χ3v) is 6.17. The number of hydrogen-bond donors (Lipinski definition) is 3. The van der Waals surface area contributed by atoms with Gasteiger partial charge in [0.2, 0.25) is 10.0 Å². The Labute approximate surface area is 162 Å². The van der Waals surface area contributed by atoms with Crippen LogP contribution in [0.3, 0.4) is 0 Å². The topological polar surface area (TPSA) is 109 Å². The Bertz CT molecular complexity index is 689. The Morgan fingerprint density at radius 1 is 1.22 bits per heavy atom. The summed E-state index contributed by atoms with van der Waals surface area (Å²) in [6.45, 7) is 8.05. The third kappa shape index (κ3) is 6.80. The van der Waals surface area contributed by atoms with Crippen molar-refractivity contribution in [1.82, 2.24) is 20.5 Å². The van der Waals surface area contributed by atoms with Crippen molar-refractivity contribution in [2.75, 3.05) is 25.4 Å². The summed E-state index contributed by atoms with van der Waals surface area (Å²) in [5, 5.41) is 10.3. The van der Waals surface area contributed by atoms with E-state index in [1.165, 1.54) is 6.42 Å². The van der Waals surface area contributed by atoms with Gasteiger partial charge < -0.3 is 15.2 Å². The van der Waals surface area contributed by atoms with Crippen molar-refractivity contribution < 1.29 is 12.9 Å². The summed E-state index contributed by atoms with van der Waals surface area (Å²) in [6.07, 6.45) is 5.03. The van der Waals surface area contributed by atoms with E-state index in [1.54, 1.807) is 0 Å². The minimum atomic E-state index is -3.26. The molecule has 0 radical (unpaired) electrons. The van der Waals surface area contributed by atoms with Crippen molar-refractivity contribution in [3.05, 3.63) is 17.0 Å². The van der Waals surface area contributed by atoms with Crippen molar-refractivity contribution in [1.29, 1.82) is 0 Å². The molecule has 0 amide bonds. The average molecular weight is 400 g/mol. The maximum absolute atomic E-state index is 12.1. The van der Waals surface area contributed by atoms with Crippen molar-refractivity contribution >= 4 is 16.0 Å². The van der Waals surface area contributed by atoms with E-state index >= 15 is 0 Å². The number of aromatic nitrogens is 1. The van der Waals surface area contributed by atoms with Crippen LogP contribution in [0.15, 0.2) is 9.52 Å². The van der Waals surface area contributed by atoms with E-state index in [-0.39, 0.29) is 5.75 Å². The first kappa shape index (κ1) is 21.7. The zero-order valence-electron chi connectivity index (χ0n) is 16.7. The molecule has 3 N–H and O–H groups in total. The molecule has 9 heteroatoms. The highest BCUT2D eigenvalue weighted by Gasteiger charge is 2.20. The second kappa shape index (κ2) is 10.7. The standard InChI is InChI=1S/C18H33N5O3S/c1-4-16-15(17(5-2)26-23-16)13-21-18(19-6-3)20-10-11-27(24,25)22-12-14-8-7-9-14/h14,22H,4-13H2,1-3H3,(H2,19,20,21). The molecule has 1 aromatic heterocycles. The number of hydrogen-bond acceptors (Lipinski definition) is 5. The van der Waals surface area contributed by atoms with Gasteiger partial charge in [-0.3, -0.25) is 0 Å². The molecule has 1 aromatic rings. The molecule has 0 saturated heterocycles. The lowest BCUT2D eigenvalue weighted by Crippen LogP contribution is -2.42. The summed E-state index contributed by atoms with van der Waals surface area (Å²) in [5.41, 5.74) is 1.95. The fraction of sp³-hybridized carbons (Fsp3) is 0.778. The largest absolute Gasteiger partial charge is 0.361 e. The summed E-state index contributed by atoms with van der Waals surface area (Å²) in [5.74, 6) is 1.99. The van der Waals surface area contributed by atoms with Gasteiger partial charge in [0.1, 0.15) is 5.76 Å². The smallest absolute Gasteiger partial charge is 0.213 e. The molecule has 1 fully saturated rings. The van der Waals surface area contributed by atoms with Crippen LogP contribution in [0.25, 0.3) is 0 Å². The van der Waals surface area contributed by atoms with Crippen LogP contribution in [0, 0.1) is 5.92 Å². The molecule has 1 heterocycles. The van der Waals surface area contributed by atoms with Gasteiger partial charge in [0.05, 0.1) is 18.0 Å². The maximum atomic E-state index is 12.1. The van der Waals surface area contributed by atoms with Crippen LogP contribution < -0.4 is 15.4 Å². The number of guanidine groups is 1. The fourth-order valence-electron chi connectivity index (χ4n) is 2.93. The Morgan fingerprint density at radius 2 is 2.00 bits per heavy atom.